The van der Waals surface area contributed by atoms with Gasteiger partial charge in [-0.1, -0.05) is 45.2 Å². The van der Waals surface area contributed by atoms with Crippen LogP contribution in [-0.4, -0.2) is 19.8 Å². The molecule has 20 heavy (non-hydrogen) atoms. The third-order valence-electron chi connectivity index (χ3n) is 3.53. The summed E-state index contributed by atoms with van der Waals surface area (Å²) in [5.41, 5.74) is 6.70. The average molecular weight is 279 g/mol. The molecule has 1 atom stereocenters. The zero-order valence-corrected chi connectivity index (χ0v) is 12.9. The van der Waals surface area contributed by atoms with E-state index in [1.165, 1.54) is 25.7 Å². The molecule has 0 amide bonds. The largest absolute Gasteiger partial charge is 0.491 e. The molecule has 3 heteroatoms. The summed E-state index contributed by atoms with van der Waals surface area (Å²) < 4.78 is 11.4. The van der Waals surface area contributed by atoms with Crippen molar-refractivity contribution in [3.05, 3.63) is 29.8 Å². The van der Waals surface area contributed by atoms with E-state index in [-0.39, 0.29) is 0 Å². The second-order valence-electron chi connectivity index (χ2n) is 5.19. The highest BCUT2D eigenvalue weighted by atomic mass is 16.5. The van der Waals surface area contributed by atoms with Crippen molar-refractivity contribution in [3.8, 4) is 5.75 Å². The molecular weight excluding hydrogens is 250 g/mol. The third kappa shape index (κ3) is 6.92. The van der Waals surface area contributed by atoms with Crippen molar-refractivity contribution in [2.75, 3.05) is 19.8 Å². The van der Waals surface area contributed by atoms with E-state index in [0.29, 0.717) is 25.7 Å². The molecule has 0 spiro atoms. The SMILES string of the molecule is CCCCC(CC)COCCOc1cccc(CN)c1. The first-order chi connectivity index (χ1) is 9.80. The summed E-state index contributed by atoms with van der Waals surface area (Å²) in [4.78, 5) is 0. The van der Waals surface area contributed by atoms with Crippen molar-refractivity contribution in [3.63, 3.8) is 0 Å². The summed E-state index contributed by atoms with van der Waals surface area (Å²) in [6, 6.07) is 7.91. The Bertz CT molecular complexity index is 355. The lowest BCUT2D eigenvalue weighted by molar-refractivity contribution is 0.0699. The lowest BCUT2D eigenvalue weighted by Crippen LogP contribution is -2.13. The number of ether oxygens (including phenoxy) is 2. The van der Waals surface area contributed by atoms with Gasteiger partial charge in [-0.2, -0.15) is 0 Å². The normalized spacial score (nSPS) is 12.3. The fourth-order valence-electron chi connectivity index (χ4n) is 2.13. The molecule has 2 N–H and O–H groups in total. The molecule has 1 aromatic rings. The van der Waals surface area contributed by atoms with Gasteiger partial charge >= 0.3 is 0 Å². The molecular formula is C17H29NO2. The first-order valence-electron chi connectivity index (χ1n) is 7.79. The number of hydrogen-bond donors (Lipinski definition) is 1. The summed E-state index contributed by atoms with van der Waals surface area (Å²) >= 11 is 0. The Hall–Kier alpha value is -1.06. The molecule has 0 saturated heterocycles. The Morgan fingerprint density at radius 2 is 2.05 bits per heavy atom. The molecule has 0 aliphatic rings. The Labute approximate surface area is 123 Å². The second-order valence-corrected chi connectivity index (χ2v) is 5.19. The Morgan fingerprint density at radius 1 is 1.20 bits per heavy atom. The molecule has 3 nitrogen and oxygen atoms in total. The van der Waals surface area contributed by atoms with Gasteiger partial charge in [-0.25, -0.2) is 0 Å². The van der Waals surface area contributed by atoms with E-state index in [1.807, 2.05) is 24.3 Å². The molecule has 0 bridgehead atoms. The fourth-order valence-corrected chi connectivity index (χ4v) is 2.13. The molecule has 0 aliphatic heterocycles. The molecule has 1 aromatic carbocycles. The quantitative estimate of drug-likeness (QED) is 0.627. The lowest BCUT2D eigenvalue weighted by Gasteiger charge is -2.15. The number of hydrogen-bond acceptors (Lipinski definition) is 3. The van der Waals surface area contributed by atoms with Crippen LogP contribution in [0.5, 0.6) is 5.75 Å². The summed E-state index contributed by atoms with van der Waals surface area (Å²) in [6.45, 7) is 7.11. The summed E-state index contributed by atoms with van der Waals surface area (Å²) in [5.74, 6) is 1.56. The smallest absolute Gasteiger partial charge is 0.119 e. The molecule has 114 valence electrons. The average Bonchev–Trinajstić information content (AvgIpc) is 2.50. The highest BCUT2D eigenvalue weighted by Gasteiger charge is 2.05. The van der Waals surface area contributed by atoms with Crippen LogP contribution < -0.4 is 10.5 Å². The molecule has 1 unspecified atom stereocenters. The minimum Gasteiger partial charge on any atom is -0.491 e. The highest BCUT2D eigenvalue weighted by Crippen LogP contribution is 2.14. The van der Waals surface area contributed by atoms with Crippen LogP contribution in [0.15, 0.2) is 24.3 Å². The van der Waals surface area contributed by atoms with E-state index < -0.39 is 0 Å². The first-order valence-corrected chi connectivity index (χ1v) is 7.79. The minimum atomic E-state index is 0.545. The van der Waals surface area contributed by atoms with Gasteiger partial charge in [0, 0.05) is 13.2 Å². The topological polar surface area (TPSA) is 44.5 Å². The van der Waals surface area contributed by atoms with Gasteiger partial charge in [-0.15, -0.1) is 0 Å². The lowest BCUT2D eigenvalue weighted by atomic mass is 10.0. The number of benzene rings is 1. The second kappa shape index (κ2) is 10.7. The highest BCUT2D eigenvalue weighted by molar-refractivity contribution is 5.28. The predicted octanol–water partition coefficient (Wildman–Crippen LogP) is 3.76. The molecule has 0 fully saturated rings. The molecule has 0 radical (unpaired) electrons. The van der Waals surface area contributed by atoms with Gasteiger partial charge < -0.3 is 15.2 Å². The van der Waals surface area contributed by atoms with Gasteiger partial charge in [0.25, 0.3) is 0 Å². The number of unbranched alkanes of at least 4 members (excludes halogenated alkanes) is 1. The fraction of sp³-hybridized carbons (Fsp3) is 0.647. The van der Waals surface area contributed by atoms with Crippen LogP contribution in [0.2, 0.25) is 0 Å². The maximum atomic E-state index is 5.71. The number of rotatable bonds is 11. The van der Waals surface area contributed by atoms with Crippen molar-refractivity contribution in [2.45, 2.75) is 46.1 Å². The van der Waals surface area contributed by atoms with E-state index in [9.17, 15) is 0 Å². The van der Waals surface area contributed by atoms with Crippen molar-refractivity contribution >= 4 is 0 Å². The zero-order chi connectivity index (χ0) is 14.6. The van der Waals surface area contributed by atoms with Crippen LogP contribution in [-0.2, 0) is 11.3 Å². The van der Waals surface area contributed by atoms with Gasteiger partial charge in [0.15, 0.2) is 0 Å². The van der Waals surface area contributed by atoms with Crippen LogP contribution >= 0.6 is 0 Å². The van der Waals surface area contributed by atoms with E-state index in [0.717, 1.165) is 17.9 Å². The molecule has 1 rings (SSSR count). The maximum absolute atomic E-state index is 5.71. The van der Waals surface area contributed by atoms with Crippen molar-refractivity contribution in [1.82, 2.24) is 0 Å². The van der Waals surface area contributed by atoms with Crippen LogP contribution in [0.3, 0.4) is 0 Å². The van der Waals surface area contributed by atoms with Crippen molar-refractivity contribution < 1.29 is 9.47 Å². The standard InChI is InChI=1S/C17H29NO2/c1-3-5-7-15(4-2)14-19-10-11-20-17-9-6-8-16(12-17)13-18/h6,8-9,12,15H,3-5,7,10-11,13-14,18H2,1-2H3. The van der Waals surface area contributed by atoms with Gasteiger partial charge in [0.2, 0.25) is 0 Å². The van der Waals surface area contributed by atoms with Crippen molar-refractivity contribution in [1.29, 1.82) is 0 Å². The zero-order valence-electron chi connectivity index (χ0n) is 12.9. The summed E-state index contributed by atoms with van der Waals surface area (Å²) in [6.07, 6.45) is 5.02. The van der Waals surface area contributed by atoms with Gasteiger partial charge in [0.1, 0.15) is 12.4 Å². The Balaban J connectivity index is 2.14. The third-order valence-corrected chi connectivity index (χ3v) is 3.53. The minimum absolute atomic E-state index is 0.545. The number of nitrogens with two attached hydrogens (primary N) is 1. The van der Waals surface area contributed by atoms with Crippen LogP contribution in [0.25, 0.3) is 0 Å². The molecule has 0 heterocycles. The van der Waals surface area contributed by atoms with E-state index >= 15 is 0 Å². The van der Waals surface area contributed by atoms with Gasteiger partial charge in [-0.3, -0.25) is 0 Å². The van der Waals surface area contributed by atoms with Gasteiger partial charge in [-0.05, 0) is 30.0 Å². The van der Waals surface area contributed by atoms with Crippen LogP contribution in [0.1, 0.15) is 45.1 Å². The molecule has 0 saturated carbocycles. The molecule has 0 aliphatic carbocycles. The predicted molar refractivity (Wildman–Crippen MR) is 84.0 cm³/mol. The maximum Gasteiger partial charge on any atom is 0.119 e. The molecule has 0 aromatic heterocycles. The van der Waals surface area contributed by atoms with E-state index in [4.69, 9.17) is 15.2 Å². The van der Waals surface area contributed by atoms with E-state index in [2.05, 4.69) is 13.8 Å². The summed E-state index contributed by atoms with van der Waals surface area (Å²) in [7, 11) is 0. The summed E-state index contributed by atoms with van der Waals surface area (Å²) in [5, 5.41) is 0. The van der Waals surface area contributed by atoms with Gasteiger partial charge in [0.05, 0.1) is 6.61 Å². The first kappa shape index (κ1) is 17.0. The monoisotopic (exact) mass is 279 g/mol. The van der Waals surface area contributed by atoms with E-state index in [1.54, 1.807) is 0 Å². The van der Waals surface area contributed by atoms with Crippen LogP contribution in [0, 0.1) is 5.92 Å². The Kier molecular flexibility index (Phi) is 9.09. The van der Waals surface area contributed by atoms with Crippen molar-refractivity contribution in [2.24, 2.45) is 11.7 Å². The Morgan fingerprint density at radius 3 is 2.75 bits per heavy atom. The van der Waals surface area contributed by atoms with Crippen LogP contribution in [0.4, 0.5) is 0 Å².